The topological polar surface area (TPSA) is 97.1 Å². The number of halogens is 1. The number of amides is 2. The molecule has 7 nitrogen and oxygen atoms in total. The van der Waals surface area contributed by atoms with Crippen LogP contribution in [0.5, 0.6) is 0 Å². The second-order valence-corrected chi connectivity index (χ2v) is 7.27. The van der Waals surface area contributed by atoms with Gasteiger partial charge >= 0.3 is 0 Å². The van der Waals surface area contributed by atoms with Crippen molar-refractivity contribution < 1.29 is 18.5 Å². The molecular weight excluding hydrogens is 363 g/mol. The highest BCUT2D eigenvalue weighted by Crippen LogP contribution is 2.11. The first-order valence-corrected chi connectivity index (χ1v) is 9.45. The summed E-state index contributed by atoms with van der Waals surface area (Å²) in [6.07, 6.45) is 1.17. The Morgan fingerprint density at radius 3 is 2.50 bits per heavy atom. The van der Waals surface area contributed by atoms with Crippen LogP contribution in [0.15, 0.2) is 28.8 Å². The molecule has 0 radical (unpaired) electrons. The van der Waals surface area contributed by atoms with Crippen LogP contribution >= 0.6 is 0 Å². The zero-order valence-corrected chi connectivity index (χ0v) is 16.7. The summed E-state index contributed by atoms with van der Waals surface area (Å²) < 4.78 is 18.9. The number of nitrogens with zero attached hydrogens (tertiary/aromatic N) is 2. The Bertz CT molecular complexity index is 804. The average Bonchev–Trinajstić information content (AvgIpc) is 3.12. The Balaban J connectivity index is 1.85. The van der Waals surface area contributed by atoms with Crippen molar-refractivity contribution in [3.8, 4) is 0 Å². The highest BCUT2D eigenvalue weighted by atomic mass is 19.1. The number of nitrogens with one attached hydrogen (secondary N) is 2. The van der Waals surface area contributed by atoms with E-state index in [9.17, 15) is 14.0 Å². The molecule has 0 aliphatic carbocycles. The maximum absolute atomic E-state index is 13.8. The van der Waals surface area contributed by atoms with Crippen LogP contribution in [-0.2, 0) is 11.2 Å². The van der Waals surface area contributed by atoms with Gasteiger partial charge in [0.2, 0.25) is 11.8 Å². The molecule has 8 heteroatoms. The Labute approximate surface area is 164 Å². The summed E-state index contributed by atoms with van der Waals surface area (Å²) in [6, 6.07) is 4.91. The summed E-state index contributed by atoms with van der Waals surface area (Å²) in [5.41, 5.74) is -0.0849. The molecule has 1 atom stereocenters. The minimum Gasteiger partial charge on any atom is -0.354 e. The lowest BCUT2D eigenvalue weighted by Gasteiger charge is -2.21. The highest BCUT2D eigenvalue weighted by molar-refractivity contribution is 5.97. The van der Waals surface area contributed by atoms with Crippen LogP contribution in [0.1, 0.15) is 62.1 Å². The molecule has 28 heavy (non-hydrogen) atoms. The second kappa shape index (κ2) is 9.96. The molecule has 2 N–H and O–H groups in total. The second-order valence-electron chi connectivity index (χ2n) is 7.27. The van der Waals surface area contributed by atoms with Gasteiger partial charge in [-0.2, -0.15) is 4.98 Å². The summed E-state index contributed by atoms with van der Waals surface area (Å²) >= 11 is 0. The van der Waals surface area contributed by atoms with Crippen molar-refractivity contribution in [1.29, 1.82) is 0 Å². The normalized spacial score (nSPS) is 12.2. The third-order valence-electron chi connectivity index (χ3n) is 4.22. The van der Waals surface area contributed by atoms with Crippen LogP contribution in [0.4, 0.5) is 4.39 Å². The van der Waals surface area contributed by atoms with Crippen molar-refractivity contribution >= 4 is 11.8 Å². The number of benzene rings is 1. The van der Waals surface area contributed by atoms with Gasteiger partial charge in [-0.3, -0.25) is 9.59 Å². The Morgan fingerprint density at radius 2 is 1.89 bits per heavy atom. The van der Waals surface area contributed by atoms with E-state index < -0.39 is 17.8 Å². The molecule has 0 aliphatic heterocycles. The van der Waals surface area contributed by atoms with Gasteiger partial charge in [-0.1, -0.05) is 45.0 Å². The summed E-state index contributed by atoms with van der Waals surface area (Å²) in [5.74, 6) is -0.307. The van der Waals surface area contributed by atoms with Crippen LogP contribution in [-0.4, -0.2) is 34.5 Å². The van der Waals surface area contributed by atoms with Crippen molar-refractivity contribution in [3.63, 3.8) is 0 Å². The van der Waals surface area contributed by atoms with Crippen LogP contribution in [0, 0.1) is 11.7 Å². The van der Waals surface area contributed by atoms with E-state index in [2.05, 4.69) is 20.8 Å². The van der Waals surface area contributed by atoms with Crippen molar-refractivity contribution in [2.24, 2.45) is 5.92 Å². The van der Waals surface area contributed by atoms with Gasteiger partial charge in [0.15, 0.2) is 5.82 Å². The molecule has 1 aromatic heterocycles. The first-order valence-electron chi connectivity index (χ1n) is 9.45. The van der Waals surface area contributed by atoms with Gasteiger partial charge in [0.25, 0.3) is 5.91 Å². The molecule has 0 aliphatic rings. The predicted octanol–water partition coefficient (Wildman–Crippen LogP) is 2.84. The van der Waals surface area contributed by atoms with Crippen molar-refractivity contribution in [2.45, 2.75) is 52.5 Å². The molecule has 0 saturated heterocycles. The van der Waals surface area contributed by atoms with E-state index in [1.54, 1.807) is 6.07 Å². The SMILES string of the molecule is CC(C)c1noc(CCCNC(=O)C(NC(=O)c2ccccc2F)C(C)C)n1. The number of carbonyl (C=O) groups is 2. The van der Waals surface area contributed by atoms with E-state index in [0.717, 1.165) is 0 Å². The molecular formula is C20H27FN4O3. The molecule has 0 saturated carbocycles. The molecule has 0 bridgehead atoms. The van der Waals surface area contributed by atoms with E-state index in [0.29, 0.717) is 31.1 Å². The van der Waals surface area contributed by atoms with Crippen molar-refractivity contribution in [1.82, 2.24) is 20.8 Å². The minimum absolute atomic E-state index is 0.0849. The molecule has 0 spiro atoms. The molecule has 1 unspecified atom stereocenters. The zero-order chi connectivity index (χ0) is 20.7. The average molecular weight is 390 g/mol. The monoisotopic (exact) mass is 390 g/mol. The van der Waals surface area contributed by atoms with E-state index >= 15 is 0 Å². The third-order valence-corrected chi connectivity index (χ3v) is 4.22. The lowest BCUT2D eigenvalue weighted by atomic mass is 10.0. The Hall–Kier alpha value is -2.77. The van der Waals surface area contributed by atoms with Gasteiger partial charge < -0.3 is 15.2 Å². The Morgan fingerprint density at radius 1 is 1.18 bits per heavy atom. The summed E-state index contributed by atoms with van der Waals surface area (Å²) in [4.78, 5) is 29.1. The van der Waals surface area contributed by atoms with E-state index in [1.807, 2.05) is 27.7 Å². The summed E-state index contributed by atoms with van der Waals surface area (Å²) in [7, 11) is 0. The largest absolute Gasteiger partial charge is 0.354 e. The maximum Gasteiger partial charge on any atom is 0.254 e. The fourth-order valence-electron chi connectivity index (χ4n) is 2.56. The zero-order valence-electron chi connectivity index (χ0n) is 16.7. The molecule has 2 rings (SSSR count). The number of aromatic nitrogens is 2. The van der Waals surface area contributed by atoms with E-state index in [4.69, 9.17) is 4.52 Å². The number of hydrogen-bond donors (Lipinski definition) is 2. The molecule has 0 fully saturated rings. The third kappa shape index (κ3) is 5.87. The number of hydrogen-bond acceptors (Lipinski definition) is 5. The van der Waals surface area contributed by atoms with Gasteiger partial charge in [-0.05, 0) is 24.5 Å². The van der Waals surface area contributed by atoms with Crippen LogP contribution in [0.25, 0.3) is 0 Å². The van der Waals surface area contributed by atoms with Crippen molar-refractivity contribution in [3.05, 3.63) is 47.4 Å². The number of aryl methyl sites for hydroxylation is 1. The van der Waals surface area contributed by atoms with Gasteiger partial charge in [-0.15, -0.1) is 0 Å². The first kappa shape index (κ1) is 21.5. The number of rotatable bonds is 9. The molecule has 1 aromatic carbocycles. The lowest BCUT2D eigenvalue weighted by molar-refractivity contribution is -0.123. The molecule has 2 amide bonds. The van der Waals surface area contributed by atoms with E-state index in [1.165, 1.54) is 18.2 Å². The van der Waals surface area contributed by atoms with Crippen LogP contribution in [0.3, 0.4) is 0 Å². The maximum atomic E-state index is 13.8. The fraction of sp³-hybridized carbons (Fsp3) is 0.500. The van der Waals surface area contributed by atoms with Crippen LogP contribution < -0.4 is 10.6 Å². The van der Waals surface area contributed by atoms with Gasteiger partial charge in [0, 0.05) is 18.9 Å². The summed E-state index contributed by atoms with van der Waals surface area (Å²) in [6.45, 7) is 8.00. The number of carbonyl (C=O) groups excluding carboxylic acids is 2. The van der Waals surface area contributed by atoms with Crippen molar-refractivity contribution in [2.75, 3.05) is 6.54 Å². The van der Waals surface area contributed by atoms with Gasteiger partial charge in [-0.25, -0.2) is 4.39 Å². The minimum atomic E-state index is -0.761. The highest BCUT2D eigenvalue weighted by Gasteiger charge is 2.25. The predicted molar refractivity (Wildman–Crippen MR) is 102 cm³/mol. The van der Waals surface area contributed by atoms with Crippen LogP contribution in [0.2, 0.25) is 0 Å². The first-order chi connectivity index (χ1) is 13.3. The lowest BCUT2D eigenvalue weighted by Crippen LogP contribution is -2.50. The smallest absolute Gasteiger partial charge is 0.254 e. The quantitative estimate of drug-likeness (QED) is 0.642. The van der Waals surface area contributed by atoms with Gasteiger partial charge in [0.05, 0.1) is 5.56 Å². The summed E-state index contributed by atoms with van der Waals surface area (Å²) in [5, 5.41) is 9.31. The molecule has 152 valence electrons. The molecule has 2 aromatic rings. The fourth-order valence-corrected chi connectivity index (χ4v) is 2.56. The Kier molecular flexibility index (Phi) is 7.66. The molecule has 1 heterocycles. The standard InChI is InChI=1S/C20H27FN4O3/c1-12(2)17(24-19(26)14-8-5-6-9-15(14)21)20(27)22-11-7-10-16-23-18(13(3)4)25-28-16/h5-6,8-9,12-13,17H,7,10-11H2,1-4H3,(H,22,27)(H,24,26). The van der Waals surface area contributed by atoms with Gasteiger partial charge in [0.1, 0.15) is 11.9 Å². The van der Waals surface area contributed by atoms with E-state index in [-0.39, 0.29) is 23.3 Å².